The quantitative estimate of drug-likeness (QED) is 0.817. The number of hydrogen-bond acceptors (Lipinski definition) is 5. The van der Waals surface area contributed by atoms with Crippen molar-refractivity contribution in [2.45, 2.75) is 57.8 Å². The Morgan fingerprint density at radius 2 is 1.72 bits per heavy atom. The zero-order valence-electron chi connectivity index (χ0n) is 17.7. The number of amides is 1. The smallest absolute Gasteiger partial charge is 0.248 e. The molecule has 1 aromatic carbocycles. The molecule has 0 radical (unpaired) electrons. The van der Waals surface area contributed by atoms with E-state index in [0.717, 1.165) is 5.69 Å². The van der Waals surface area contributed by atoms with Crippen molar-refractivity contribution in [2.24, 2.45) is 5.92 Å². The number of hydrogen-bond donors (Lipinski definition) is 1. The monoisotopic (exact) mass is 419 g/mol. The summed E-state index contributed by atoms with van der Waals surface area (Å²) in [6.07, 6.45) is 0.961. The summed E-state index contributed by atoms with van der Waals surface area (Å²) in [4.78, 5) is 12.8. The lowest BCUT2D eigenvalue weighted by molar-refractivity contribution is -0.120. The molecule has 7 nitrogen and oxygen atoms in total. The third-order valence-electron chi connectivity index (χ3n) is 5.41. The molecule has 3 rings (SSSR count). The van der Waals surface area contributed by atoms with Crippen LogP contribution in [-0.4, -0.2) is 36.9 Å². The van der Waals surface area contributed by atoms with Crippen molar-refractivity contribution in [3.8, 4) is 0 Å². The molecule has 1 aliphatic heterocycles. The highest BCUT2D eigenvalue weighted by Gasteiger charge is 2.35. The van der Waals surface area contributed by atoms with E-state index in [1.165, 1.54) is 9.87 Å². The van der Waals surface area contributed by atoms with E-state index in [-0.39, 0.29) is 22.1 Å². The molecular formula is C21H29N3O4S. The van der Waals surface area contributed by atoms with Crippen molar-refractivity contribution >= 4 is 21.6 Å². The number of nitrogens with zero attached hydrogens (tertiary/aromatic N) is 2. The fourth-order valence-corrected chi connectivity index (χ4v) is 5.39. The van der Waals surface area contributed by atoms with Crippen molar-refractivity contribution in [3.05, 3.63) is 41.3 Å². The molecule has 1 fully saturated rings. The highest BCUT2D eigenvalue weighted by molar-refractivity contribution is 7.89. The fraction of sp³-hybridized carbons (Fsp3) is 0.524. The van der Waals surface area contributed by atoms with Crippen LogP contribution in [0.3, 0.4) is 0 Å². The van der Waals surface area contributed by atoms with Crippen LogP contribution in [0, 0.1) is 19.8 Å². The SMILES string of the molecule is Cc1noc(C)c1S(=O)(=O)N1CCC(C(=O)Nc2ccc(C(C)(C)C)cc2)CC1. The van der Waals surface area contributed by atoms with Crippen molar-refractivity contribution in [1.29, 1.82) is 0 Å². The summed E-state index contributed by atoms with van der Waals surface area (Å²) in [5.74, 6) is 0.0115. The molecule has 1 amide bonds. The van der Waals surface area contributed by atoms with Crippen molar-refractivity contribution in [3.63, 3.8) is 0 Å². The Bertz CT molecular complexity index is 960. The lowest BCUT2D eigenvalue weighted by atomic mass is 9.87. The van der Waals surface area contributed by atoms with Gasteiger partial charge in [0.05, 0.1) is 0 Å². The Hall–Kier alpha value is -2.19. The number of rotatable bonds is 4. The normalized spacial score (nSPS) is 16.7. The van der Waals surface area contributed by atoms with Crippen LogP contribution >= 0.6 is 0 Å². The van der Waals surface area contributed by atoms with Gasteiger partial charge < -0.3 is 9.84 Å². The van der Waals surface area contributed by atoms with Gasteiger partial charge in [0, 0.05) is 24.7 Å². The van der Waals surface area contributed by atoms with Gasteiger partial charge in [0.1, 0.15) is 10.6 Å². The Morgan fingerprint density at radius 3 is 2.21 bits per heavy atom. The average Bonchev–Trinajstić information content (AvgIpc) is 3.00. The standard InChI is InChI=1S/C21H29N3O4S/c1-14-19(15(2)28-23-14)29(26,27)24-12-10-16(11-13-24)20(25)22-18-8-6-17(7-9-18)21(3,4)5/h6-9,16H,10-13H2,1-5H3,(H,22,25). The third kappa shape index (κ3) is 4.53. The molecular weight excluding hydrogens is 390 g/mol. The van der Waals surface area contributed by atoms with Gasteiger partial charge in [-0.3, -0.25) is 4.79 Å². The van der Waals surface area contributed by atoms with Crippen LogP contribution in [0.25, 0.3) is 0 Å². The van der Waals surface area contributed by atoms with Crippen LogP contribution in [0.1, 0.15) is 50.6 Å². The molecule has 0 unspecified atom stereocenters. The summed E-state index contributed by atoms with van der Waals surface area (Å²) in [6.45, 7) is 10.2. The van der Waals surface area contributed by atoms with Crippen LogP contribution in [0.2, 0.25) is 0 Å². The van der Waals surface area contributed by atoms with Crippen LogP contribution in [0.5, 0.6) is 0 Å². The van der Waals surface area contributed by atoms with E-state index in [1.54, 1.807) is 13.8 Å². The molecule has 0 atom stereocenters. The molecule has 0 aliphatic carbocycles. The van der Waals surface area contributed by atoms with E-state index < -0.39 is 10.0 Å². The molecule has 29 heavy (non-hydrogen) atoms. The maximum Gasteiger partial charge on any atom is 0.248 e. The van der Waals surface area contributed by atoms with Crippen molar-refractivity contribution in [1.82, 2.24) is 9.46 Å². The lowest BCUT2D eigenvalue weighted by Gasteiger charge is -2.30. The minimum absolute atomic E-state index is 0.0576. The lowest BCUT2D eigenvalue weighted by Crippen LogP contribution is -2.41. The van der Waals surface area contributed by atoms with Gasteiger partial charge in [0.15, 0.2) is 5.76 Å². The number of piperidine rings is 1. The van der Waals surface area contributed by atoms with Gasteiger partial charge >= 0.3 is 0 Å². The average molecular weight is 420 g/mol. The highest BCUT2D eigenvalue weighted by Crippen LogP contribution is 2.28. The first-order valence-electron chi connectivity index (χ1n) is 9.84. The summed E-state index contributed by atoms with van der Waals surface area (Å²) in [5.41, 5.74) is 2.38. The van der Waals surface area contributed by atoms with Gasteiger partial charge in [-0.2, -0.15) is 4.31 Å². The minimum Gasteiger partial charge on any atom is -0.360 e. The Kier molecular flexibility index (Phi) is 5.87. The zero-order chi connectivity index (χ0) is 21.4. The highest BCUT2D eigenvalue weighted by atomic mass is 32.2. The Labute approximate surface area is 172 Å². The van der Waals surface area contributed by atoms with E-state index in [0.29, 0.717) is 37.4 Å². The maximum absolute atomic E-state index is 12.9. The number of anilines is 1. The molecule has 8 heteroatoms. The van der Waals surface area contributed by atoms with Crippen LogP contribution in [0.15, 0.2) is 33.7 Å². The molecule has 2 aromatic rings. The van der Waals surface area contributed by atoms with Crippen LogP contribution in [0.4, 0.5) is 5.69 Å². The van der Waals surface area contributed by atoms with Gasteiger partial charge in [-0.15, -0.1) is 0 Å². The second-order valence-corrected chi connectivity index (χ2v) is 10.5. The molecule has 0 bridgehead atoms. The van der Waals surface area contributed by atoms with Crippen LogP contribution < -0.4 is 5.32 Å². The number of benzene rings is 1. The molecule has 1 N–H and O–H groups in total. The Morgan fingerprint density at radius 1 is 1.14 bits per heavy atom. The minimum atomic E-state index is -3.66. The second kappa shape index (κ2) is 7.91. The number of aromatic nitrogens is 1. The molecule has 2 heterocycles. The van der Waals surface area contributed by atoms with Gasteiger partial charge in [-0.25, -0.2) is 8.42 Å². The van der Waals surface area contributed by atoms with E-state index >= 15 is 0 Å². The first-order chi connectivity index (χ1) is 13.5. The van der Waals surface area contributed by atoms with Gasteiger partial charge in [-0.05, 0) is 49.8 Å². The van der Waals surface area contributed by atoms with E-state index in [1.807, 2.05) is 24.3 Å². The largest absolute Gasteiger partial charge is 0.360 e. The van der Waals surface area contributed by atoms with Gasteiger partial charge in [-0.1, -0.05) is 38.1 Å². The topological polar surface area (TPSA) is 92.5 Å². The zero-order valence-corrected chi connectivity index (χ0v) is 18.5. The summed E-state index contributed by atoms with van der Waals surface area (Å²) < 4.78 is 32.2. The molecule has 0 spiro atoms. The summed E-state index contributed by atoms with van der Waals surface area (Å²) >= 11 is 0. The second-order valence-electron chi connectivity index (χ2n) is 8.65. The number of aryl methyl sites for hydroxylation is 2. The molecule has 1 aromatic heterocycles. The van der Waals surface area contributed by atoms with Crippen LogP contribution in [-0.2, 0) is 20.2 Å². The fourth-order valence-electron chi connectivity index (χ4n) is 3.63. The number of carbonyl (C=O) groups is 1. The number of sulfonamides is 1. The van der Waals surface area contributed by atoms with E-state index in [9.17, 15) is 13.2 Å². The van der Waals surface area contributed by atoms with Crippen molar-refractivity contribution in [2.75, 3.05) is 18.4 Å². The number of carbonyl (C=O) groups excluding carboxylic acids is 1. The van der Waals surface area contributed by atoms with E-state index in [4.69, 9.17) is 4.52 Å². The van der Waals surface area contributed by atoms with Crippen molar-refractivity contribution < 1.29 is 17.7 Å². The predicted molar refractivity (Wildman–Crippen MR) is 111 cm³/mol. The summed E-state index contributed by atoms with van der Waals surface area (Å²) in [6, 6.07) is 7.87. The molecule has 1 aliphatic rings. The predicted octanol–water partition coefficient (Wildman–Crippen LogP) is 3.63. The molecule has 0 saturated carbocycles. The maximum atomic E-state index is 12.9. The third-order valence-corrected chi connectivity index (χ3v) is 7.55. The van der Waals surface area contributed by atoms with Gasteiger partial charge in [0.2, 0.25) is 15.9 Å². The first-order valence-corrected chi connectivity index (χ1v) is 11.3. The molecule has 158 valence electrons. The van der Waals surface area contributed by atoms with E-state index in [2.05, 4.69) is 31.2 Å². The molecule has 1 saturated heterocycles. The first kappa shape index (κ1) is 21.5. The number of nitrogens with one attached hydrogen (secondary N) is 1. The summed E-state index contributed by atoms with van der Waals surface area (Å²) in [7, 11) is -3.66. The Balaban J connectivity index is 1.61. The summed E-state index contributed by atoms with van der Waals surface area (Å²) in [5, 5.41) is 6.70. The van der Waals surface area contributed by atoms with Gasteiger partial charge in [0.25, 0.3) is 0 Å².